The molecule has 2 aromatic rings. The van der Waals surface area contributed by atoms with Gasteiger partial charge in [-0.3, -0.25) is 4.99 Å². The Labute approximate surface area is 212 Å². The SMILES string of the molecule is [C-]#[N+]C1=C(CC)C([C@@H]2CCCN(C(=O)OC(C)(C)C)C2)N=C1c1ccc(Oc2ccccc2F)cc1. The molecule has 1 fully saturated rings. The van der Waals surface area contributed by atoms with Crippen molar-refractivity contribution in [2.45, 2.75) is 58.6 Å². The lowest BCUT2D eigenvalue weighted by atomic mass is 9.86. The Bertz CT molecular complexity index is 1220. The first-order valence-corrected chi connectivity index (χ1v) is 12.4. The zero-order valence-electron chi connectivity index (χ0n) is 21.3. The molecule has 36 heavy (non-hydrogen) atoms. The standard InChI is InChI=1S/C29H32FN3O3/c1-6-22-25(20-10-9-17-33(18-20)28(34)36-29(2,3)4)32-26(27(22)31-5)19-13-15-21(16-14-19)35-24-12-8-7-11-23(24)30/h7-8,11-16,20,25H,6,9-10,17-18H2,1-4H3/t20-,25?/m1/s1. The Balaban J connectivity index is 1.55. The Morgan fingerprint density at radius 3 is 2.56 bits per heavy atom. The fourth-order valence-electron chi connectivity index (χ4n) is 4.77. The fourth-order valence-corrected chi connectivity index (χ4v) is 4.77. The quantitative estimate of drug-likeness (QED) is 0.424. The van der Waals surface area contributed by atoms with E-state index >= 15 is 0 Å². The molecule has 0 aromatic heterocycles. The first-order valence-electron chi connectivity index (χ1n) is 12.4. The summed E-state index contributed by atoms with van der Waals surface area (Å²) in [7, 11) is 0. The molecule has 2 aliphatic heterocycles. The summed E-state index contributed by atoms with van der Waals surface area (Å²) in [5.74, 6) is 0.358. The molecule has 2 aromatic carbocycles. The van der Waals surface area contributed by atoms with Gasteiger partial charge in [-0.15, -0.1) is 0 Å². The third-order valence-electron chi connectivity index (χ3n) is 6.39. The smallest absolute Gasteiger partial charge is 0.410 e. The fraction of sp³-hybridized carbons (Fsp3) is 0.414. The molecule has 4 rings (SSSR count). The average molecular weight is 490 g/mol. The van der Waals surface area contributed by atoms with Crippen LogP contribution in [0.15, 0.2) is 64.8 Å². The largest absolute Gasteiger partial charge is 0.454 e. The van der Waals surface area contributed by atoms with Crippen molar-refractivity contribution in [2.75, 3.05) is 13.1 Å². The summed E-state index contributed by atoms with van der Waals surface area (Å²) >= 11 is 0. The predicted molar refractivity (Wildman–Crippen MR) is 138 cm³/mol. The minimum atomic E-state index is -0.545. The predicted octanol–water partition coefficient (Wildman–Crippen LogP) is 7.02. The van der Waals surface area contributed by atoms with Gasteiger partial charge in [0.2, 0.25) is 5.70 Å². The van der Waals surface area contributed by atoms with E-state index in [0.717, 1.165) is 24.0 Å². The van der Waals surface area contributed by atoms with Crippen LogP contribution < -0.4 is 4.74 Å². The summed E-state index contributed by atoms with van der Waals surface area (Å²) in [4.78, 5) is 23.3. The number of likely N-dealkylation sites (tertiary alicyclic amines) is 1. The first kappa shape index (κ1) is 25.4. The summed E-state index contributed by atoms with van der Waals surface area (Å²) in [5, 5.41) is 0. The zero-order chi connectivity index (χ0) is 25.9. The Morgan fingerprint density at radius 2 is 1.92 bits per heavy atom. The molecule has 1 amide bonds. The third-order valence-corrected chi connectivity index (χ3v) is 6.39. The zero-order valence-corrected chi connectivity index (χ0v) is 21.3. The van der Waals surface area contributed by atoms with E-state index in [0.29, 0.717) is 36.7 Å². The number of halogens is 1. The van der Waals surface area contributed by atoms with Gasteiger partial charge in [0.15, 0.2) is 11.6 Å². The van der Waals surface area contributed by atoms with Crippen LogP contribution in [0.5, 0.6) is 11.5 Å². The molecule has 2 aliphatic rings. The molecule has 0 aliphatic carbocycles. The summed E-state index contributed by atoms with van der Waals surface area (Å²) in [6.45, 7) is 16.7. The second kappa shape index (κ2) is 10.5. The molecule has 2 heterocycles. The normalized spacial score (nSPS) is 20.1. The molecule has 0 saturated carbocycles. The Hall–Kier alpha value is -3.66. The number of hydrogen-bond acceptors (Lipinski definition) is 4. The number of allylic oxidation sites excluding steroid dienone is 1. The van der Waals surface area contributed by atoms with Crippen molar-refractivity contribution in [3.63, 3.8) is 0 Å². The van der Waals surface area contributed by atoms with E-state index in [1.807, 2.05) is 39.8 Å². The van der Waals surface area contributed by atoms with E-state index in [1.54, 1.807) is 35.2 Å². The van der Waals surface area contributed by atoms with Gasteiger partial charge in [0.05, 0.1) is 18.3 Å². The van der Waals surface area contributed by atoms with E-state index in [2.05, 4.69) is 4.85 Å². The average Bonchev–Trinajstić information content (AvgIpc) is 3.24. The number of aliphatic imine (C=N–C) groups is 1. The van der Waals surface area contributed by atoms with Gasteiger partial charge < -0.3 is 14.4 Å². The molecule has 7 heteroatoms. The van der Waals surface area contributed by atoms with Gasteiger partial charge >= 0.3 is 6.09 Å². The van der Waals surface area contributed by atoms with Crippen molar-refractivity contribution in [1.29, 1.82) is 0 Å². The number of rotatable bonds is 5. The number of nitrogens with zero attached hydrogens (tertiary/aromatic N) is 3. The van der Waals surface area contributed by atoms with Crippen LogP contribution in [0, 0.1) is 18.3 Å². The van der Waals surface area contributed by atoms with Crippen LogP contribution in [0.2, 0.25) is 0 Å². The highest BCUT2D eigenvalue weighted by molar-refractivity contribution is 6.16. The van der Waals surface area contributed by atoms with Gasteiger partial charge in [-0.05, 0) is 75.4 Å². The number of para-hydroxylation sites is 1. The van der Waals surface area contributed by atoms with Crippen LogP contribution in [0.4, 0.5) is 9.18 Å². The first-order chi connectivity index (χ1) is 17.2. The van der Waals surface area contributed by atoms with Gasteiger partial charge in [-0.2, -0.15) is 0 Å². The van der Waals surface area contributed by atoms with Gasteiger partial charge in [0, 0.05) is 19.0 Å². The molecular weight excluding hydrogens is 457 g/mol. The monoisotopic (exact) mass is 489 g/mol. The highest BCUT2D eigenvalue weighted by Crippen LogP contribution is 2.37. The van der Waals surface area contributed by atoms with E-state index in [4.69, 9.17) is 21.0 Å². The molecule has 1 saturated heterocycles. The number of carbonyl (C=O) groups is 1. The minimum Gasteiger partial charge on any atom is -0.454 e. The van der Waals surface area contributed by atoms with Crippen molar-refractivity contribution in [3.05, 3.63) is 82.6 Å². The van der Waals surface area contributed by atoms with Gasteiger partial charge in [0.1, 0.15) is 11.4 Å². The molecule has 0 spiro atoms. The lowest BCUT2D eigenvalue weighted by Crippen LogP contribution is -2.45. The van der Waals surface area contributed by atoms with E-state index < -0.39 is 11.4 Å². The van der Waals surface area contributed by atoms with E-state index in [9.17, 15) is 9.18 Å². The lowest BCUT2D eigenvalue weighted by molar-refractivity contribution is 0.0159. The maximum atomic E-state index is 13.9. The molecule has 6 nitrogen and oxygen atoms in total. The molecule has 1 unspecified atom stereocenters. The number of amides is 1. The number of piperidine rings is 1. The van der Waals surface area contributed by atoms with Crippen LogP contribution in [-0.2, 0) is 4.74 Å². The number of carbonyl (C=O) groups excluding carboxylic acids is 1. The van der Waals surface area contributed by atoms with Crippen LogP contribution in [0.25, 0.3) is 4.85 Å². The Kier molecular flexibility index (Phi) is 7.44. The molecule has 0 bridgehead atoms. The van der Waals surface area contributed by atoms with Crippen molar-refractivity contribution < 1.29 is 18.7 Å². The Morgan fingerprint density at radius 1 is 1.19 bits per heavy atom. The molecule has 0 radical (unpaired) electrons. The van der Waals surface area contributed by atoms with Crippen molar-refractivity contribution in [2.24, 2.45) is 10.9 Å². The van der Waals surface area contributed by atoms with E-state index in [1.165, 1.54) is 6.07 Å². The van der Waals surface area contributed by atoms with Crippen molar-refractivity contribution in [3.8, 4) is 11.5 Å². The highest BCUT2D eigenvalue weighted by Gasteiger charge is 2.37. The van der Waals surface area contributed by atoms with Gasteiger partial charge in [0.25, 0.3) is 0 Å². The van der Waals surface area contributed by atoms with Crippen LogP contribution >= 0.6 is 0 Å². The van der Waals surface area contributed by atoms with Crippen LogP contribution in [-0.4, -0.2) is 41.4 Å². The van der Waals surface area contributed by atoms with Crippen LogP contribution in [0.3, 0.4) is 0 Å². The molecule has 188 valence electrons. The number of benzene rings is 2. The van der Waals surface area contributed by atoms with Crippen molar-refractivity contribution in [1.82, 2.24) is 4.90 Å². The van der Waals surface area contributed by atoms with Gasteiger partial charge in [-0.1, -0.05) is 31.2 Å². The minimum absolute atomic E-state index is 0.124. The summed E-state index contributed by atoms with van der Waals surface area (Å²) in [6.07, 6.45) is 2.22. The third kappa shape index (κ3) is 5.59. The summed E-state index contributed by atoms with van der Waals surface area (Å²) in [6, 6.07) is 13.3. The summed E-state index contributed by atoms with van der Waals surface area (Å²) < 4.78 is 25.2. The summed E-state index contributed by atoms with van der Waals surface area (Å²) in [5.41, 5.74) is 2.53. The molecule has 0 N–H and O–H groups in total. The highest BCUT2D eigenvalue weighted by atomic mass is 19.1. The molecular formula is C29H32FN3O3. The van der Waals surface area contributed by atoms with Gasteiger partial charge in [-0.25, -0.2) is 14.0 Å². The second-order valence-corrected chi connectivity index (χ2v) is 10.1. The van der Waals surface area contributed by atoms with Crippen LogP contribution in [0.1, 0.15) is 52.5 Å². The molecule has 2 atom stereocenters. The lowest BCUT2D eigenvalue weighted by Gasteiger charge is -2.36. The number of ether oxygens (including phenoxy) is 2. The topological polar surface area (TPSA) is 55.5 Å². The van der Waals surface area contributed by atoms with E-state index in [-0.39, 0.29) is 23.8 Å². The maximum absolute atomic E-state index is 13.9. The maximum Gasteiger partial charge on any atom is 0.410 e. The number of hydrogen-bond donors (Lipinski definition) is 0. The second-order valence-electron chi connectivity index (χ2n) is 10.1. The van der Waals surface area contributed by atoms with Crippen molar-refractivity contribution >= 4 is 11.8 Å².